The molecular formula is C38H50O4S2. The molecule has 0 saturated heterocycles. The number of benzene rings is 3. The van der Waals surface area contributed by atoms with Crippen LogP contribution in [0, 0.1) is 0 Å². The summed E-state index contributed by atoms with van der Waals surface area (Å²) >= 11 is 2.92. The van der Waals surface area contributed by atoms with Gasteiger partial charge in [0.25, 0.3) is 0 Å². The van der Waals surface area contributed by atoms with Gasteiger partial charge < -0.3 is 9.47 Å². The van der Waals surface area contributed by atoms with Crippen molar-refractivity contribution in [3.63, 3.8) is 0 Å². The van der Waals surface area contributed by atoms with Crippen LogP contribution >= 0.6 is 23.5 Å². The van der Waals surface area contributed by atoms with Crippen molar-refractivity contribution in [1.29, 1.82) is 0 Å². The van der Waals surface area contributed by atoms with Gasteiger partial charge in [0.15, 0.2) is 0 Å². The number of methoxy groups -OCH3 is 2. The van der Waals surface area contributed by atoms with E-state index in [2.05, 4.69) is 62.4 Å². The van der Waals surface area contributed by atoms with E-state index in [9.17, 15) is 9.59 Å². The maximum Gasteiger partial charge on any atom is 0.339 e. The third kappa shape index (κ3) is 12.0. The minimum Gasteiger partial charge on any atom is -0.465 e. The minimum absolute atomic E-state index is 0.431. The van der Waals surface area contributed by atoms with E-state index in [4.69, 9.17) is 9.47 Å². The molecular weight excluding hydrogens is 585 g/mol. The first-order valence-electron chi connectivity index (χ1n) is 16.4. The van der Waals surface area contributed by atoms with E-state index >= 15 is 0 Å². The lowest BCUT2D eigenvalue weighted by atomic mass is 10.1. The number of aryl methyl sites for hydroxylation is 2. The van der Waals surface area contributed by atoms with Crippen LogP contribution in [0.3, 0.4) is 0 Å². The van der Waals surface area contributed by atoms with Crippen molar-refractivity contribution in [2.75, 3.05) is 14.2 Å². The number of esters is 2. The normalized spacial score (nSPS) is 11.0. The molecule has 6 heteroatoms. The molecule has 44 heavy (non-hydrogen) atoms. The number of carbonyl (C=O) groups is 2. The number of ether oxygens (including phenoxy) is 2. The van der Waals surface area contributed by atoms with Gasteiger partial charge >= 0.3 is 11.9 Å². The van der Waals surface area contributed by atoms with Crippen molar-refractivity contribution in [3.05, 3.63) is 82.9 Å². The summed E-state index contributed by atoms with van der Waals surface area (Å²) in [6, 6.07) is 20.5. The lowest BCUT2D eigenvalue weighted by molar-refractivity contribution is 0.0580. The average Bonchev–Trinajstić information content (AvgIpc) is 3.05. The topological polar surface area (TPSA) is 52.6 Å². The van der Waals surface area contributed by atoms with Crippen LogP contribution in [0.1, 0.15) is 123 Å². The predicted molar refractivity (Wildman–Crippen MR) is 184 cm³/mol. The Morgan fingerprint density at radius 1 is 0.523 bits per heavy atom. The zero-order chi connectivity index (χ0) is 31.6. The molecule has 238 valence electrons. The molecule has 0 bridgehead atoms. The smallest absolute Gasteiger partial charge is 0.339 e. The molecule has 0 aliphatic heterocycles. The van der Waals surface area contributed by atoms with Crippen LogP contribution in [0.2, 0.25) is 0 Å². The number of hydrogen-bond donors (Lipinski definition) is 0. The Hall–Kier alpha value is -2.70. The predicted octanol–water partition coefficient (Wildman–Crippen LogP) is 11.4. The summed E-state index contributed by atoms with van der Waals surface area (Å²) in [6.07, 6.45) is 17.5. The van der Waals surface area contributed by atoms with Crippen LogP contribution in [-0.4, -0.2) is 26.2 Å². The number of hydrogen-bond acceptors (Lipinski definition) is 6. The number of carbonyl (C=O) groups excluding carboxylic acids is 2. The summed E-state index contributed by atoms with van der Waals surface area (Å²) in [4.78, 5) is 29.2. The van der Waals surface area contributed by atoms with Crippen LogP contribution in [-0.2, 0) is 22.3 Å². The van der Waals surface area contributed by atoms with Crippen LogP contribution in [0.15, 0.2) is 80.2 Å². The molecule has 0 unspecified atom stereocenters. The van der Waals surface area contributed by atoms with Gasteiger partial charge in [-0.2, -0.15) is 0 Å². The summed E-state index contributed by atoms with van der Waals surface area (Å²) in [7, 11) is 2.77. The van der Waals surface area contributed by atoms with Crippen molar-refractivity contribution in [2.24, 2.45) is 0 Å². The first-order valence-corrected chi connectivity index (χ1v) is 18.0. The van der Waals surface area contributed by atoms with Crippen molar-refractivity contribution < 1.29 is 19.1 Å². The molecule has 0 amide bonds. The van der Waals surface area contributed by atoms with Gasteiger partial charge in [-0.15, -0.1) is 0 Å². The Kier molecular flexibility index (Phi) is 16.5. The Bertz CT molecular complexity index is 1180. The van der Waals surface area contributed by atoms with Crippen molar-refractivity contribution >= 4 is 35.5 Å². The number of unbranched alkanes of at least 4 members (excludes halogenated alkanes) is 10. The third-order valence-electron chi connectivity index (χ3n) is 7.83. The van der Waals surface area contributed by atoms with Gasteiger partial charge in [0.05, 0.1) is 25.3 Å². The first kappa shape index (κ1) is 35.8. The molecule has 4 nitrogen and oxygen atoms in total. The summed E-state index contributed by atoms with van der Waals surface area (Å²) in [5.41, 5.74) is 3.50. The molecule has 0 aromatic heterocycles. The molecule has 0 spiro atoms. The van der Waals surface area contributed by atoms with Crippen molar-refractivity contribution in [1.82, 2.24) is 0 Å². The van der Waals surface area contributed by atoms with Crippen molar-refractivity contribution in [3.8, 4) is 0 Å². The summed E-state index contributed by atoms with van der Waals surface area (Å²) in [6.45, 7) is 4.49. The van der Waals surface area contributed by atoms with Crippen LogP contribution in [0.25, 0.3) is 0 Å². The van der Waals surface area contributed by atoms with E-state index in [0.29, 0.717) is 20.9 Å². The van der Waals surface area contributed by atoms with Gasteiger partial charge in [-0.3, -0.25) is 0 Å². The molecule has 0 fully saturated rings. The van der Waals surface area contributed by atoms with Crippen LogP contribution in [0.4, 0.5) is 0 Å². The summed E-state index contributed by atoms with van der Waals surface area (Å²) < 4.78 is 10.3. The van der Waals surface area contributed by atoms with E-state index in [1.54, 1.807) is 12.1 Å². The highest BCUT2D eigenvalue weighted by Crippen LogP contribution is 2.39. The molecule has 0 aliphatic rings. The van der Waals surface area contributed by atoms with Crippen LogP contribution < -0.4 is 0 Å². The van der Waals surface area contributed by atoms with Gasteiger partial charge in [0.2, 0.25) is 0 Å². The molecule has 3 aromatic rings. The van der Waals surface area contributed by atoms with E-state index in [1.165, 1.54) is 126 Å². The van der Waals surface area contributed by atoms with E-state index in [1.807, 2.05) is 0 Å². The molecule has 3 rings (SSSR count). The van der Waals surface area contributed by atoms with Gasteiger partial charge in [-0.05, 0) is 73.2 Å². The lowest BCUT2D eigenvalue weighted by Gasteiger charge is -2.14. The molecule has 0 heterocycles. The largest absolute Gasteiger partial charge is 0.465 e. The van der Waals surface area contributed by atoms with Gasteiger partial charge in [-0.25, -0.2) is 9.59 Å². The molecule has 0 N–H and O–H groups in total. The molecule has 0 aliphatic carbocycles. The summed E-state index contributed by atoms with van der Waals surface area (Å²) in [5, 5.41) is 0. The average molecular weight is 635 g/mol. The summed E-state index contributed by atoms with van der Waals surface area (Å²) in [5.74, 6) is -0.862. The second-order valence-corrected chi connectivity index (χ2v) is 13.6. The van der Waals surface area contributed by atoms with Gasteiger partial charge in [-0.1, -0.05) is 126 Å². The second-order valence-electron chi connectivity index (χ2n) is 11.4. The number of rotatable bonds is 20. The fourth-order valence-corrected chi connectivity index (χ4v) is 7.10. The Morgan fingerprint density at radius 2 is 0.864 bits per heavy atom. The van der Waals surface area contributed by atoms with E-state index in [0.717, 1.165) is 22.6 Å². The maximum absolute atomic E-state index is 12.9. The molecule has 3 aromatic carbocycles. The monoisotopic (exact) mass is 634 g/mol. The zero-order valence-electron chi connectivity index (χ0n) is 27.1. The van der Waals surface area contributed by atoms with E-state index in [-0.39, 0.29) is 0 Å². The standard InChI is InChI=1S/C38H50O4S2/c1-5-7-9-11-13-15-17-29-19-23-31(24-20-29)43-35-27-34(38(40)42-4)36(28-33(35)37(39)41-3)44-32-25-21-30(22-26-32)18-16-14-12-10-8-6-2/h19-28H,5-18H2,1-4H3. The minimum atomic E-state index is -0.431. The zero-order valence-corrected chi connectivity index (χ0v) is 28.8. The molecule has 0 atom stereocenters. The van der Waals surface area contributed by atoms with Gasteiger partial charge in [0.1, 0.15) is 0 Å². The molecule has 0 radical (unpaired) electrons. The van der Waals surface area contributed by atoms with E-state index < -0.39 is 11.9 Å². The van der Waals surface area contributed by atoms with Crippen LogP contribution in [0.5, 0.6) is 0 Å². The maximum atomic E-state index is 12.9. The lowest BCUT2D eigenvalue weighted by Crippen LogP contribution is -2.09. The quantitative estimate of drug-likeness (QED) is 0.0910. The Labute approximate surface area is 274 Å². The third-order valence-corrected chi connectivity index (χ3v) is 9.96. The highest BCUT2D eigenvalue weighted by atomic mass is 32.2. The SMILES string of the molecule is CCCCCCCCc1ccc(Sc2cc(C(=O)OC)c(Sc3ccc(CCCCCCCC)cc3)cc2C(=O)OC)cc1. The Balaban J connectivity index is 1.73. The Morgan fingerprint density at radius 3 is 1.20 bits per heavy atom. The molecule has 0 saturated carbocycles. The highest BCUT2D eigenvalue weighted by Gasteiger charge is 2.22. The van der Waals surface area contributed by atoms with Gasteiger partial charge in [0, 0.05) is 19.6 Å². The fraction of sp³-hybridized carbons (Fsp3) is 0.474. The fourth-order valence-electron chi connectivity index (χ4n) is 5.19. The first-order chi connectivity index (χ1) is 21.5. The van der Waals surface area contributed by atoms with Crippen molar-refractivity contribution in [2.45, 2.75) is 123 Å². The highest BCUT2D eigenvalue weighted by molar-refractivity contribution is 8.00. The second kappa shape index (κ2) is 20.4.